The van der Waals surface area contributed by atoms with Gasteiger partial charge in [0.2, 0.25) is 5.91 Å². The highest BCUT2D eigenvalue weighted by Crippen LogP contribution is 2.22. The highest BCUT2D eigenvalue weighted by Gasteiger charge is 2.30. The van der Waals surface area contributed by atoms with Gasteiger partial charge in [0.1, 0.15) is 11.8 Å². The minimum Gasteiger partial charge on any atom is -0.484 e. The van der Waals surface area contributed by atoms with Crippen LogP contribution in [0.25, 0.3) is 0 Å². The lowest BCUT2D eigenvalue weighted by atomic mass is 10.0. The van der Waals surface area contributed by atoms with Gasteiger partial charge in [-0.15, -0.1) is 0 Å². The molecule has 2 amide bonds. The van der Waals surface area contributed by atoms with Gasteiger partial charge in [-0.2, -0.15) is 0 Å². The Hall–Kier alpha value is -3.12. The Morgan fingerprint density at radius 2 is 1.69 bits per heavy atom. The Balaban J connectivity index is 1.88. The number of aryl methyl sites for hydroxylation is 2. The van der Waals surface area contributed by atoms with Gasteiger partial charge in [0, 0.05) is 24.0 Å². The Morgan fingerprint density at radius 1 is 0.971 bits per heavy atom. The molecule has 0 spiro atoms. The molecule has 3 rings (SSSR count). The minimum absolute atomic E-state index is 0.153. The molecule has 0 radical (unpaired) electrons. The van der Waals surface area contributed by atoms with Gasteiger partial charge in [-0.25, -0.2) is 0 Å². The monoisotopic (exact) mass is 536 g/mol. The molecule has 0 aliphatic carbocycles. The number of carbonyl (C=O) groups is 2. The van der Waals surface area contributed by atoms with Gasteiger partial charge in [-0.05, 0) is 55.2 Å². The summed E-state index contributed by atoms with van der Waals surface area (Å²) in [5, 5.41) is 2.99. The van der Waals surface area contributed by atoms with Gasteiger partial charge in [-0.3, -0.25) is 9.59 Å². The third-order valence-corrected chi connectivity index (χ3v) is 6.68. The second-order valence-electron chi connectivity index (χ2n) is 8.70. The Kier molecular flexibility index (Phi) is 9.91. The molecule has 0 aliphatic rings. The zero-order chi connectivity index (χ0) is 25.2. The smallest absolute Gasteiger partial charge is 0.261 e. The van der Waals surface area contributed by atoms with Crippen LogP contribution in [0.2, 0.25) is 0 Å². The van der Waals surface area contributed by atoms with E-state index >= 15 is 0 Å². The van der Waals surface area contributed by atoms with E-state index in [2.05, 4.69) is 21.2 Å². The molecule has 0 aromatic heterocycles. The second-order valence-corrected chi connectivity index (χ2v) is 9.56. The number of carbonyl (C=O) groups excluding carboxylic acids is 2. The van der Waals surface area contributed by atoms with E-state index < -0.39 is 6.04 Å². The van der Waals surface area contributed by atoms with Crippen LogP contribution >= 0.6 is 15.9 Å². The number of benzene rings is 3. The van der Waals surface area contributed by atoms with Crippen molar-refractivity contribution in [3.8, 4) is 5.75 Å². The van der Waals surface area contributed by atoms with E-state index in [9.17, 15) is 9.59 Å². The van der Waals surface area contributed by atoms with Gasteiger partial charge in [0.05, 0.1) is 0 Å². The van der Waals surface area contributed by atoms with Crippen molar-refractivity contribution in [1.82, 2.24) is 10.2 Å². The summed E-state index contributed by atoms with van der Waals surface area (Å²) in [6.07, 6.45) is 1.24. The van der Waals surface area contributed by atoms with Crippen molar-refractivity contribution < 1.29 is 14.3 Å². The number of rotatable bonds is 11. The topological polar surface area (TPSA) is 58.6 Å². The predicted molar refractivity (Wildman–Crippen MR) is 143 cm³/mol. The van der Waals surface area contributed by atoms with E-state index in [1.807, 2.05) is 93.6 Å². The first kappa shape index (κ1) is 26.5. The molecule has 5 nitrogen and oxygen atoms in total. The molecule has 0 fully saturated rings. The van der Waals surface area contributed by atoms with Crippen LogP contribution in [0.4, 0.5) is 0 Å². The van der Waals surface area contributed by atoms with Crippen molar-refractivity contribution in [1.29, 1.82) is 0 Å². The molecular formula is C29H33BrN2O3. The summed E-state index contributed by atoms with van der Waals surface area (Å²) in [7, 11) is 0. The second kappa shape index (κ2) is 13.1. The van der Waals surface area contributed by atoms with E-state index in [0.29, 0.717) is 25.3 Å². The lowest BCUT2D eigenvalue weighted by Crippen LogP contribution is -2.51. The fraction of sp³-hybridized carbons (Fsp3) is 0.310. The minimum atomic E-state index is -0.659. The van der Waals surface area contributed by atoms with Crippen molar-refractivity contribution in [2.75, 3.05) is 13.2 Å². The average molecular weight is 537 g/mol. The zero-order valence-corrected chi connectivity index (χ0v) is 22.2. The highest BCUT2D eigenvalue weighted by molar-refractivity contribution is 9.10. The number of nitrogens with one attached hydrogen (secondary N) is 1. The van der Waals surface area contributed by atoms with Gasteiger partial charge >= 0.3 is 0 Å². The number of hydrogen-bond acceptors (Lipinski definition) is 3. The molecular weight excluding hydrogens is 504 g/mol. The summed E-state index contributed by atoms with van der Waals surface area (Å²) in [5.41, 5.74) is 4.12. The number of nitrogens with zero attached hydrogens (tertiary/aromatic N) is 1. The van der Waals surface area contributed by atoms with Crippen molar-refractivity contribution in [3.63, 3.8) is 0 Å². The largest absolute Gasteiger partial charge is 0.484 e. The van der Waals surface area contributed by atoms with Crippen LogP contribution in [0.5, 0.6) is 5.75 Å². The van der Waals surface area contributed by atoms with Gasteiger partial charge in [0.15, 0.2) is 6.61 Å². The van der Waals surface area contributed by atoms with E-state index in [1.54, 1.807) is 4.90 Å². The molecule has 0 saturated carbocycles. The number of ether oxygens (including phenoxy) is 1. The first-order chi connectivity index (χ1) is 16.9. The van der Waals surface area contributed by atoms with Crippen LogP contribution in [-0.2, 0) is 22.6 Å². The molecule has 0 heterocycles. The average Bonchev–Trinajstić information content (AvgIpc) is 2.87. The maximum absolute atomic E-state index is 13.6. The van der Waals surface area contributed by atoms with Gasteiger partial charge in [0.25, 0.3) is 5.91 Å². The molecule has 0 aliphatic heterocycles. The molecule has 6 heteroatoms. The molecule has 35 heavy (non-hydrogen) atoms. The number of hydrogen-bond donors (Lipinski definition) is 1. The van der Waals surface area contributed by atoms with Crippen LogP contribution in [0.1, 0.15) is 35.6 Å². The molecule has 0 saturated heterocycles. The van der Waals surface area contributed by atoms with Crippen LogP contribution in [-0.4, -0.2) is 35.9 Å². The first-order valence-corrected chi connectivity index (χ1v) is 12.7. The maximum Gasteiger partial charge on any atom is 0.261 e. The molecule has 3 aromatic carbocycles. The Morgan fingerprint density at radius 3 is 2.34 bits per heavy atom. The zero-order valence-electron chi connectivity index (χ0n) is 20.6. The number of halogens is 1. The molecule has 0 bridgehead atoms. The van der Waals surface area contributed by atoms with Crippen molar-refractivity contribution in [2.24, 2.45) is 0 Å². The summed E-state index contributed by atoms with van der Waals surface area (Å²) in [4.78, 5) is 28.5. The summed E-state index contributed by atoms with van der Waals surface area (Å²) in [5.74, 6) is 0.221. The fourth-order valence-electron chi connectivity index (χ4n) is 3.75. The van der Waals surface area contributed by atoms with Crippen molar-refractivity contribution >= 4 is 27.7 Å². The van der Waals surface area contributed by atoms with Crippen LogP contribution < -0.4 is 10.1 Å². The van der Waals surface area contributed by atoms with Gasteiger partial charge < -0.3 is 15.0 Å². The van der Waals surface area contributed by atoms with Crippen LogP contribution in [0.15, 0.2) is 77.3 Å². The summed E-state index contributed by atoms with van der Waals surface area (Å²) < 4.78 is 6.84. The fourth-order valence-corrected chi connectivity index (χ4v) is 3.99. The number of amides is 2. The molecule has 1 atom stereocenters. The predicted octanol–water partition coefficient (Wildman–Crippen LogP) is 5.61. The lowest BCUT2D eigenvalue weighted by molar-refractivity contribution is -0.142. The van der Waals surface area contributed by atoms with E-state index in [-0.39, 0.29) is 18.4 Å². The molecule has 1 N–H and O–H groups in total. The quantitative estimate of drug-likeness (QED) is 0.346. The third-order valence-electron chi connectivity index (χ3n) is 5.79. The van der Waals surface area contributed by atoms with Crippen LogP contribution in [0, 0.1) is 13.8 Å². The van der Waals surface area contributed by atoms with Crippen molar-refractivity contribution in [2.45, 2.75) is 46.2 Å². The third kappa shape index (κ3) is 7.96. The van der Waals surface area contributed by atoms with E-state index in [1.165, 1.54) is 0 Å². The van der Waals surface area contributed by atoms with Crippen LogP contribution in [0.3, 0.4) is 0 Å². The first-order valence-electron chi connectivity index (χ1n) is 11.9. The maximum atomic E-state index is 13.6. The van der Waals surface area contributed by atoms with Crippen molar-refractivity contribution in [3.05, 3.63) is 99.5 Å². The molecule has 3 aromatic rings. The Labute approximate surface area is 216 Å². The standard InChI is InChI=1S/C29H33BrN2O3/c1-4-16-31-29(34)27(18-23-8-6-5-7-9-23)32(19-24-12-10-21(2)11-13-24)28(33)20-35-25-14-15-26(30)22(3)17-25/h5-15,17,27H,4,16,18-20H2,1-3H3,(H,31,34)/t27-/m1/s1. The summed E-state index contributed by atoms with van der Waals surface area (Å²) in [6, 6.07) is 22.8. The SMILES string of the molecule is CCCNC(=O)[C@@H](Cc1ccccc1)N(Cc1ccc(C)cc1)C(=O)COc1ccc(Br)c(C)c1. The van der Waals surface area contributed by atoms with E-state index in [0.717, 1.165) is 33.1 Å². The summed E-state index contributed by atoms with van der Waals surface area (Å²) in [6.45, 7) is 6.73. The Bertz CT molecular complexity index is 1120. The highest BCUT2D eigenvalue weighted by atomic mass is 79.9. The molecule has 0 unspecified atom stereocenters. The normalized spacial score (nSPS) is 11.5. The molecule has 184 valence electrons. The van der Waals surface area contributed by atoms with Gasteiger partial charge in [-0.1, -0.05) is 83.0 Å². The summed E-state index contributed by atoms with van der Waals surface area (Å²) >= 11 is 3.49. The van der Waals surface area contributed by atoms with E-state index in [4.69, 9.17) is 4.74 Å². The lowest BCUT2D eigenvalue weighted by Gasteiger charge is -2.31.